The smallest absolute Gasteiger partial charge is 0.205 e. The van der Waals surface area contributed by atoms with Gasteiger partial charge in [-0.1, -0.05) is 27.7 Å². The zero-order chi connectivity index (χ0) is 13.8. The molecular weight excluding hydrogens is 256 g/mol. The molecule has 19 heavy (non-hydrogen) atoms. The Morgan fingerprint density at radius 1 is 1.26 bits per heavy atom. The van der Waals surface area contributed by atoms with Gasteiger partial charge in [-0.3, -0.25) is 0 Å². The fourth-order valence-corrected chi connectivity index (χ4v) is 3.18. The van der Waals surface area contributed by atoms with E-state index in [9.17, 15) is 0 Å². The summed E-state index contributed by atoms with van der Waals surface area (Å²) in [5, 5.41) is 4.66. The molecule has 0 saturated carbocycles. The van der Waals surface area contributed by atoms with E-state index >= 15 is 0 Å². The summed E-state index contributed by atoms with van der Waals surface area (Å²) in [6.45, 7) is 12.1. The molecule has 0 atom stereocenters. The van der Waals surface area contributed by atoms with E-state index in [1.165, 1.54) is 12.8 Å². The fourth-order valence-electron chi connectivity index (χ4n) is 2.32. The minimum Gasteiger partial charge on any atom is -0.347 e. The van der Waals surface area contributed by atoms with Crippen LogP contribution in [0.3, 0.4) is 0 Å². The van der Waals surface area contributed by atoms with E-state index in [0.717, 1.165) is 36.5 Å². The first-order chi connectivity index (χ1) is 9.06. The van der Waals surface area contributed by atoms with Gasteiger partial charge >= 0.3 is 0 Å². The molecule has 0 bridgehead atoms. The summed E-state index contributed by atoms with van der Waals surface area (Å²) in [5.41, 5.74) is 0. The molecule has 1 N–H and O–H groups in total. The van der Waals surface area contributed by atoms with E-state index in [4.69, 9.17) is 0 Å². The lowest BCUT2D eigenvalue weighted by molar-refractivity contribution is 0.370. The molecular formula is C14H26N4S. The number of hydrogen-bond acceptors (Lipinski definition) is 5. The Morgan fingerprint density at radius 2 is 1.95 bits per heavy atom. The number of nitrogens with one attached hydrogen (secondary N) is 1. The van der Waals surface area contributed by atoms with Crippen LogP contribution in [-0.2, 0) is 0 Å². The predicted molar refractivity (Wildman–Crippen MR) is 82.1 cm³/mol. The molecule has 2 heterocycles. The summed E-state index contributed by atoms with van der Waals surface area (Å²) < 4.78 is 4.45. The molecule has 1 saturated heterocycles. The average molecular weight is 282 g/mol. The van der Waals surface area contributed by atoms with Crippen LogP contribution >= 0.6 is 11.5 Å². The SMILES string of the molecule is CC(C)NCC1CCN(c2nc(C(C)C)ns2)CC1. The topological polar surface area (TPSA) is 41.0 Å². The van der Waals surface area contributed by atoms with Crippen LogP contribution in [0.1, 0.15) is 52.3 Å². The van der Waals surface area contributed by atoms with Gasteiger partial charge in [-0.25, -0.2) is 4.98 Å². The average Bonchev–Trinajstić information content (AvgIpc) is 2.86. The normalized spacial score (nSPS) is 17.7. The second kappa shape index (κ2) is 6.66. The van der Waals surface area contributed by atoms with Gasteiger partial charge in [-0.15, -0.1) is 0 Å². The van der Waals surface area contributed by atoms with Crippen LogP contribution in [-0.4, -0.2) is 35.0 Å². The van der Waals surface area contributed by atoms with Crippen LogP contribution < -0.4 is 10.2 Å². The molecule has 1 aliphatic heterocycles. The standard InChI is InChI=1S/C14H26N4S/c1-10(2)13-16-14(19-17-13)18-7-5-12(6-8-18)9-15-11(3)4/h10-12,15H,5-9H2,1-4H3. The van der Waals surface area contributed by atoms with E-state index in [1.54, 1.807) is 11.5 Å². The first kappa shape index (κ1) is 14.7. The zero-order valence-electron chi connectivity index (χ0n) is 12.5. The molecule has 5 heteroatoms. The van der Waals surface area contributed by atoms with Crippen molar-refractivity contribution in [2.24, 2.45) is 5.92 Å². The highest BCUT2D eigenvalue weighted by Crippen LogP contribution is 2.26. The summed E-state index contributed by atoms with van der Waals surface area (Å²) in [4.78, 5) is 7.05. The maximum Gasteiger partial charge on any atom is 0.205 e. The Morgan fingerprint density at radius 3 is 2.47 bits per heavy atom. The van der Waals surface area contributed by atoms with Crippen molar-refractivity contribution >= 4 is 16.7 Å². The summed E-state index contributed by atoms with van der Waals surface area (Å²) >= 11 is 1.55. The molecule has 0 radical (unpaired) electrons. The molecule has 0 aliphatic carbocycles. The molecule has 0 amide bonds. The van der Waals surface area contributed by atoms with Crippen LogP contribution in [0.5, 0.6) is 0 Å². The van der Waals surface area contributed by atoms with Gasteiger partial charge in [-0.2, -0.15) is 4.37 Å². The Labute approximate surface area is 120 Å². The highest BCUT2D eigenvalue weighted by molar-refractivity contribution is 7.09. The monoisotopic (exact) mass is 282 g/mol. The maximum absolute atomic E-state index is 4.65. The van der Waals surface area contributed by atoms with Crippen molar-refractivity contribution in [1.82, 2.24) is 14.7 Å². The van der Waals surface area contributed by atoms with Crippen molar-refractivity contribution in [3.8, 4) is 0 Å². The van der Waals surface area contributed by atoms with E-state index < -0.39 is 0 Å². The quantitative estimate of drug-likeness (QED) is 0.901. The Bertz CT molecular complexity index is 381. The lowest BCUT2D eigenvalue weighted by Gasteiger charge is -2.32. The second-order valence-corrected chi connectivity index (χ2v) is 6.81. The summed E-state index contributed by atoms with van der Waals surface area (Å²) in [6, 6.07) is 0.592. The Hall–Kier alpha value is -0.680. The lowest BCUT2D eigenvalue weighted by Crippen LogP contribution is -2.38. The molecule has 0 spiro atoms. The molecule has 4 nitrogen and oxygen atoms in total. The van der Waals surface area contributed by atoms with E-state index in [-0.39, 0.29) is 0 Å². The third-order valence-corrected chi connectivity index (χ3v) is 4.44. The van der Waals surface area contributed by atoms with Crippen molar-refractivity contribution in [1.29, 1.82) is 0 Å². The largest absolute Gasteiger partial charge is 0.347 e. The molecule has 0 unspecified atom stereocenters. The number of anilines is 1. The molecule has 2 rings (SSSR count). The van der Waals surface area contributed by atoms with E-state index in [0.29, 0.717) is 12.0 Å². The van der Waals surface area contributed by atoms with Crippen molar-refractivity contribution in [2.75, 3.05) is 24.5 Å². The van der Waals surface area contributed by atoms with Crippen LogP contribution in [0.4, 0.5) is 5.13 Å². The third kappa shape index (κ3) is 4.14. The summed E-state index contributed by atoms with van der Waals surface area (Å²) in [5.74, 6) is 2.23. The lowest BCUT2D eigenvalue weighted by atomic mass is 9.97. The fraction of sp³-hybridized carbons (Fsp3) is 0.857. The van der Waals surface area contributed by atoms with E-state index in [1.807, 2.05) is 0 Å². The molecule has 0 aromatic carbocycles. The third-order valence-electron chi connectivity index (χ3n) is 3.65. The summed E-state index contributed by atoms with van der Waals surface area (Å²) in [6.07, 6.45) is 2.52. The Balaban J connectivity index is 1.82. The highest BCUT2D eigenvalue weighted by Gasteiger charge is 2.22. The molecule has 1 aromatic rings. The number of rotatable bonds is 5. The van der Waals surface area contributed by atoms with Crippen molar-refractivity contribution < 1.29 is 0 Å². The van der Waals surface area contributed by atoms with Crippen LogP contribution in [0, 0.1) is 5.92 Å². The van der Waals surface area contributed by atoms with Crippen molar-refractivity contribution in [2.45, 2.75) is 52.5 Å². The molecule has 1 aliphatic rings. The molecule has 1 aromatic heterocycles. The van der Waals surface area contributed by atoms with Gasteiger partial charge in [0.05, 0.1) is 0 Å². The maximum atomic E-state index is 4.65. The van der Waals surface area contributed by atoms with Crippen LogP contribution in [0.2, 0.25) is 0 Å². The van der Waals surface area contributed by atoms with Crippen molar-refractivity contribution in [3.63, 3.8) is 0 Å². The number of aromatic nitrogens is 2. The van der Waals surface area contributed by atoms with Gasteiger partial charge in [0.15, 0.2) is 0 Å². The number of nitrogens with zero attached hydrogens (tertiary/aromatic N) is 3. The van der Waals surface area contributed by atoms with Gasteiger partial charge in [0.2, 0.25) is 5.13 Å². The van der Waals surface area contributed by atoms with Gasteiger partial charge in [0.1, 0.15) is 5.82 Å². The number of hydrogen-bond donors (Lipinski definition) is 1. The first-order valence-electron chi connectivity index (χ1n) is 7.38. The minimum absolute atomic E-state index is 0.429. The first-order valence-corrected chi connectivity index (χ1v) is 8.15. The van der Waals surface area contributed by atoms with Gasteiger partial charge in [0.25, 0.3) is 0 Å². The van der Waals surface area contributed by atoms with Crippen molar-refractivity contribution in [3.05, 3.63) is 5.82 Å². The molecule has 108 valence electrons. The van der Waals surface area contributed by atoms with Crippen LogP contribution in [0.15, 0.2) is 0 Å². The van der Waals surface area contributed by atoms with E-state index in [2.05, 4.69) is 47.3 Å². The number of piperidine rings is 1. The highest BCUT2D eigenvalue weighted by atomic mass is 32.1. The zero-order valence-corrected chi connectivity index (χ0v) is 13.3. The second-order valence-electron chi connectivity index (χ2n) is 6.08. The van der Waals surface area contributed by atoms with Gasteiger partial charge < -0.3 is 10.2 Å². The minimum atomic E-state index is 0.429. The van der Waals surface area contributed by atoms with Crippen LogP contribution in [0.25, 0.3) is 0 Å². The van der Waals surface area contributed by atoms with Gasteiger partial charge in [0, 0.05) is 36.6 Å². The Kier molecular flexibility index (Phi) is 5.16. The predicted octanol–water partition coefficient (Wildman–Crippen LogP) is 2.88. The molecule has 1 fully saturated rings. The summed E-state index contributed by atoms with van der Waals surface area (Å²) in [7, 11) is 0. The van der Waals surface area contributed by atoms with Gasteiger partial charge in [-0.05, 0) is 25.3 Å².